The number of nitrogens with zero attached hydrogens (tertiary/aromatic N) is 6. The highest BCUT2D eigenvalue weighted by atomic mass is 16.5. The molecule has 8 heteroatoms. The number of nitrogens with one attached hydrogen (secondary N) is 1. The zero-order valence-corrected chi connectivity index (χ0v) is 13.0. The van der Waals surface area contributed by atoms with Crippen molar-refractivity contribution in [3.05, 3.63) is 36.9 Å². The van der Waals surface area contributed by atoms with Crippen molar-refractivity contribution >= 4 is 11.5 Å². The van der Waals surface area contributed by atoms with Gasteiger partial charge in [-0.25, -0.2) is 9.97 Å². The van der Waals surface area contributed by atoms with Crippen LogP contribution in [0.2, 0.25) is 0 Å². The molecule has 1 N–H and O–H groups in total. The molecule has 3 aromatic rings. The highest BCUT2D eigenvalue weighted by Crippen LogP contribution is 2.33. The van der Waals surface area contributed by atoms with Gasteiger partial charge in [-0.3, -0.25) is 4.40 Å². The molecule has 0 radical (unpaired) electrons. The number of anilines is 1. The number of rotatable bonds is 5. The molecule has 1 aliphatic rings. The molecule has 0 amide bonds. The third-order valence-electron chi connectivity index (χ3n) is 4.30. The first-order valence-corrected chi connectivity index (χ1v) is 7.87. The average molecular weight is 313 g/mol. The molecule has 4 heterocycles. The Labute approximate surface area is 133 Å². The van der Waals surface area contributed by atoms with Crippen LogP contribution in [-0.2, 0) is 11.3 Å². The second kappa shape index (κ2) is 5.96. The predicted molar refractivity (Wildman–Crippen MR) is 84.0 cm³/mol. The molecule has 3 aromatic heterocycles. The monoisotopic (exact) mass is 313 g/mol. The van der Waals surface area contributed by atoms with Gasteiger partial charge in [0.2, 0.25) is 5.65 Å². The first kappa shape index (κ1) is 14.1. The normalized spacial score (nSPS) is 21.1. The second-order valence-electron chi connectivity index (χ2n) is 5.63. The summed E-state index contributed by atoms with van der Waals surface area (Å²) in [6.45, 7) is 4.54. The highest BCUT2D eigenvalue weighted by molar-refractivity contribution is 5.61. The van der Waals surface area contributed by atoms with Gasteiger partial charge >= 0.3 is 0 Å². The third kappa shape index (κ3) is 2.55. The van der Waals surface area contributed by atoms with Crippen LogP contribution < -0.4 is 5.32 Å². The Kier molecular flexibility index (Phi) is 3.66. The molecule has 1 saturated heterocycles. The molecule has 0 unspecified atom stereocenters. The van der Waals surface area contributed by atoms with E-state index in [2.05, 4.69) is 37.0 Å². The van der Waals surface area contributed by atoms with Crippen LogP contribution >= 0.6 is 0 Å². The van der Waals surface area contributed by atoms with E-state index in [1.165, 1.54) is 0 Å². The van der Waals surface area contributed by atoms with Crippen LogP contribution in [0.25, 0.3) is 5.65 Å². The molecule has 0 saturated carbocycles. The quantitative estimate of drug-likeness (QED) is 0.769. The molecular formula is C15H19N7O. The summed E-state index contributed by atoms with van der Waals surface area (Å²) in [5, 5.41) is 11.4. The number of aromatic nitrogens is 6. The third-order valence-corrected chi connectivity index (χ3v) is 4.30. The van der Waals surface area contributed by atoms with Crippen LogP contribution in [0.5, 0.6) is 0 Å². The second-order valence-corrected chi connectivity index (χ2v) is 5.63. The standard InChI is InChI=1S/C15H19N7O/c1-2-21-6-5-17-14(21)12-11(3-8-23-12)9-18-13-15-20-19-10-22(15)7-4-16-13/h4-7,10-12H,2-3,8-9H2,1H3,(H,16,18)/t11-,12+/m0/s1. The average Bonchev–Trinajstić information content (AvgIpc) is 3.30. The SMILES string of the molecule is CCn1ccnc1[C@@H]1OCC[C@H]1CNc1nccn2cnnc12. The molecule has 1 fully saturated rings. The van der Waals surface area contributed by atoms with E-state index in [1.54, 1.807) is 12.5 Å². The van der Waals surface area contributed by atoms with E-state index in [0.717, 1.165) is 43.4 Å². The zero-order valence-electron chi connectivity index (χ0n) is 13.0. The minimum Gasteiger partial charge on any atom is -0.370 e. The fourth-order valence-corrected chi connectivity index (χ4v) is 3.08. The maximum atomic E-state index is 5.94. The molecule has 1 aliphatic heterocycles. The summed E-state index contributed by atoms with van der Waals surface area (Å²) in [5.74, 6) is 2.10. The Hall–Kier alpha value is -2.48. The topological polar surface area (TPSA) is 82.2 Å². The number of hydrogen-bond donors (Lipinski definition) is 1. The molecule has 23 heavy (non-hydrogen) atoms. The van der Waals surface area contributed by atoms with E-state index >= 15 is 0 Å². The van der Waals surface area contributed by atoms with Gasteiger partial charge in [0.05, 0.1) is 0 Å². The van der Waals surface area contributed by atoms with Gasteiger partial charge in [-0.05, 0) is 13.3 Å². The molecule has 0 aromatic carbocycles. The van der Waals surface area contributed by atoms with Gasteiger partial charge in [-0.1, -0.05) is 0 Å². The lowest BCUT2D eigenvalue weighted by Crippen LogP contribution is -2.21. The summed E-state index contributed by atoms with van der Waals surface area (Å²) >= 11 is 0. The molecule has 0 spiro atoms. The van der Waals surface area contributed by atoms with Crippen LogP contribution in [0.4, 0.5) is 5.82 Å². The van der Waals surface area contributed by atoms with Crippen molar-refractivity contribution in [2.75, 3.05) is 18.5 Å². The smallest absolute Gasteiger partial charge is 0.203 e. The molecule has 4 rings (SSSR count). The van der Waals surface area contributed by atoms with Gasteiger partial charge in [0, 0.05) is 50.4 Å². The first-order valence-electron chi connectivity index (χ1n) is 7.87. The molecule has 0 bridgehead atoms. The fraction of sp³-hybridized carbons (Fsp3) is 0.467. The number of hydrogen-bond acceptors (Lipinski definition) is 6. The Balaban J connectivity index is 1.51. The van der Waals surface area contributed by atoms with Crippen molar-refractivity contribution in [3.8, 4) is 0 Å². The van der Waals surface area contributed by atoms with Gasteiger partial charge in [-0.15, -0.1) is 10.2 Å². The molecule has 120 valence electrons. The van der Waals surface area contributed by atoms with Crippen molar-refractivity contribution in [3.63, 3.8) is 0 Å². The highest BCUT2D eigenvalue weighted by Gasteiger charge is 2.32. The summed E-state index contributed by atoms with van der Waals surface area (Å²) in [7, 11) is 0. The maximum absolute atomic E-state index is 5.94. The number of imidazole rings is 1. The minimum absolute atomic E-state index is 0.0232. The van der Waals surface area contributed by atoms with Gasteiger partial charge in [-0.2, -0.15) is 0 Å². The summed E-state index contributed by atoms with van der Waals surface area (Å²) in [4.78, 5) is 8.85. The molecule has 0 aliphatic carbocycles. The summed E-state index contributed by atoms with van der Waals surface area (Å²) in [6, 6.07) is 0. The fourth-order valence-electron chi connectivity index (χ4n) is 3.08. The Morgan fingerprint density at radius 3 is 3.13 bits per heavy atom. The van der Waals surface area contributed by atoms with Gasteiger partial charge in [0.25, 0.3) is 0 Å². The van der Waals surface area contributed by atoms with Crippen molar-refractivity contribution in [1.82, 2.24) is 29.1 Å². The number of aryl methyl sites for hydroxylation is 1. The van der Waals surface area contributed by atoms with Gasteiger partial charge < -0.3 is 14.6 Å². The Bertz CT molecular complexity index is 796. The summed E-state index contributed by atoms with van der Waals surface area (Å²) in [5.41, 5.74) is 0.734. The van der Waals surface area contributed by atoms with E-state index in [4.69, 9.17) is 4.74 Å². The molecule has 8 nitrogen and oxygen atoms in total. The van der Waals surface area contributed by atoms with Crippen molar-refractivity contribution in [2.24, 2.45) is 5.92 Å². The Morgan fingerprint density at radius 2 is 2.22 bits per heavy atom. The van der Waals surface area contributed by atoms with Crippen LogP contribution in [0.1, 0.15) is 25.3 Å². The lowest BCUT2D eigenvalue weighted by Gasteiger charge is -2.19. The first-order chi connectivity index (χ1) is 11.4. The van der Waals surface area contributed by atoms with E-state index < -0.39 is 0 Å². The number of fused-ring (bicyclic) bond motifs is 1. The van der Waals surface area contributed by atoms with Crippen LogP contribution in [-0.4, -0.2) is 42.3 Å². The maximum Gasteiger partial charge on any atom is 0.203 e. The minimum atomic E-state index is 0.0232. The zero-order chi connectivity index (χ0) is 15.6. The van der Waals surface area contributed by atoms with E-state index in [0.29, 0.717) is 5.92 Å². The predicted octanol–water partition coefficient (Wildman–Crippen LogP) is 1.53. The lowest BCUT2D eigenvalue weighted by molar-refractivity contribution is 0.0832. The lowest BCUT2D eigenvalue weighted by atomic mass is 10.0. The van der Waals surface area contributed by atoms with Crippen LogP contribution in [0, 0.1) is 5.92 Å². The van der Waals surface area contributed by atoms with Crippen molar-refractivity contribution < 1.29 is 4.74 Å². The van der Waals surface area contributed by atoms with Crippen molar-refractivity contribution in [2.45, 2.75) is 26.0 Å². The Morgan fingerprint density at radius 1 is 1.30 bits per heavy atom. The van der Waals surface area contributed by atoms with Crippen LogP contribution in [0.15, 0.2) is 31.1 Å². The van der Waals surface area contributed by atoms with E-state index in [1.807, 2.05) is 23.0 Å². The van der Waals surface area contributed by atoms with Gasteiger partial charge in [0.1, 0.15) is 18.3 Å². The molecular weight excluding hydrogens is 294 g/mol. The van der Waals surface area contributed by atoms with Crippen LogP contribution in [0.3, 0.4) is 0 Å². The molecule has 2 atom stereocenters. The largest absolute Gasteiger partial charge is 0.370 e. The summed E-state index contributed by atoms with van der Waals surface area (Å²) in [6.07, 6.45) is 10.1. The van der Waals surface area contributed by atoms with E-state index in [9.17, 15) is 0 Å². The van der Waals surface area contributed by atoms with Crippen molar-refractivity contribution in [1.29, 1.82) is 0 Å². The van der Waals surface area contributed by atoms with E-state index in [-0.39, 0.29) is 6.10 Å². The number of ether oxygens (including phenoxy) is 1. The summed E-state index contributed by atoms with van der Waals surface area (Å²) < 4.78 is 9.92. The van der Waals surface area contributed by atoms with Gasteiger partial charge in [0.15, 0.2) is 5.82 Å².